The fourth-order valence-corrected chi connectivity index (χ4v) is 3.29. The summed E-state index contributed by atoms with van der Waals surface area (Å²) in [5, 5.41) is 8.67. The molecule has 0 radical (unpaired) electrons. The zero-order chi connectivity index (χ0) is 14.0. The lowest BCUT2D eigenvalue weighted by molar-refractivity contribution is -0.000413. The van der Waals surface area contributed by atoms with Crippen LogP contribution in [0.5, 0.6) is 0 Å². The predicted octanol–water partition coefficient (Wildman–Crippen LogP) is 2.26. The minimum atomic E-state index is 0.277. The maximum Gasteiger partial charge on any atom is 0.0829 e. The second-order valence-electron chi connectivity index (χ2n) is 6.12. The molecule has 2 saturated heterocycles. The van der Waals surface area contributed by atoms with Crippen molar-refractivity contribution in [2.24, 2.45) is 0 Å². The standard InChI is InChI=1S/C16H29N3O/c17-8-7-13-20-16(14-18-9-3-1-4-10-18)15-19-11-5-2-6-12-19/h16H,1-7,9-15H2. The van der Waals surface area contributed by atoms with E-state index in [-0.39, 0.29) is 6.10 Å². The summed E-state index contributed by atoms with van der Waals surface area (Å²) in [6, 6.07) is 2.18. The van der Waals surface area contributed by atoms with Crippen LogP contribution in [0.4, 0.5) is 0 Å². The van der Waals surface area contributed by atoms with Crippen LogP contribution in [0.1, 0.15) is 44.9 Å². The summed E-state index contributed by atoms with van der Waals surface area (Å²) in [5.41, 5.74) is 0. The van der Waals surface area contributed by atoms with Crippen molar-refractivity contribution in [3.63, 3.8) is 0 Å². The van der Waals surface area contributed by atoms with Crippen molar-refractivity contribution in [2.45, 2.75) is 51.0 Å². The SMILES string of the molecule is N#CCCOC(CN1CCCCC1)CN1CCCCC1. The molecule has 0 aromatic carbocycles. The molecule has 0 aromatic rings. The maximum absolute atomic E-state index is 8.67. The minimum Gasteiger partial charge on any atom is -0.374 e. The number of nitrogens with zero attached hydrogens (tertiary/aromatic N) is 3. The quantitative estimate of drug-likeness (QED) is 0.670. The van der Waals surface area contributed by atoms with Gasteiger partial charge in [0, 0.05) is 13.1 Å². The molecule has 4 heteroatoms. The molecule has 20 heavy (non-hydrogen) atoms. The first-order valence-electron chi connectivity index (χ1n) is 8.32. The van der Waals surface area contributed by atoms with Crippen LogP contribution in [-0.4, -0.2) is 61.8 Å². The van der Waals surface area contributed by atoms with Crippen LogP contribution in [0.15, 0.2) is 0 Å². The zero-order valence-corrected chi connectivity index (χ0v) is 12.7. The van der Waals surface area contributed by atoms with Gasteiger partial charge in [-0.25, -0.2) is 0 Å². The predicted molar refractivity (Wildman–Crippen MR) is 80.6 cm³/mol. The lowest BCUT2D eigenvalue weighted by Gasteiger charge is -2.34. The van der Waals surface area contributed by atoms with E-state index < -0.39 is 0 Å². The van der Waals surface area contributed by atoms with E-state index in [1.807, 2.05) is 0 Å². The Morgan fingerprint density at radius 1 is 0.850 bits per heavy atom. The van der Waals surface area contributed by atoms with E-state index in [0.29, 0.717) is 13.0 Å². The number of hydrogen-bond donors (Lipinski definition) is 0. The Hall–Kier alpha value is -0.630. The summed E-state index contributed by atoms with van der Waals surface area (Å²) >= 11 is 0. The summed E-state index contributed by atoms with van der Waals surface area (Å²) in [6.45, 7) is 7.55. The van der Waals surface area contributed by atoms with E-state index in [4.69, 9.17) is 10.00 Å². The molecule has 0 unspecified atom stereocenters. The lowest BCUT2D eigenvalue weighted by Crippen LogP contribution is -2.44. The molecular formula is C16H29N3O. The highest BCUT2D eigenvalue weighted by atomic mass is 16.5. The van der Waals surface area contributed by atoms with Crippen molar-refractivity contribution in [1.29, 1.82) is 5.26 Å². The third-order valence-electron chi connectivity index (χ3n) is 4.39. The Bertz CT molecular complexity index is 271. The van der Waals surface area contributed by atoms with Crippen LogP contribution < -0.4 is 0 Å². The lowest BCUT2D eigenvalue weighted by atomic mass is 10.1. The van der Waals surface area contributed by atoms with E-state index in [1.54, 1.807) is 0 Å². The third kappa shape index (κ3) is 5.78. The molecule has 0 spiro atoms. The fourth-order valence-electron chi connectivity index (χ4n) is 3.29. The summed E-state index contributed by atoms with van der Waals surface area (Å²) in [4.78, 5) is 5.09. The van der Waals surface area contributed by atoms with Gasteiger partial charge < -0.3 is 14.5 Å². The first kappa shape index (κ1) is 15.8. The van der Waals surface area contributed by atoms with Crippen molar-refractivity contribution in [1.82, 2.24) is 9.80 Å². The van der Waals surface area contributed by atoms with Gasteiger partial charge in [0.1, 0.15) is 0 Å². The second kappa shape index (κ2) is 9.33. The molecule has 0 aliphatic carbocycles. The van der Waals surface area contributed by atoms with E-state index >= 15 is 0 Å². The molecule has 2 fully saturated rings. The number of rotatable bonds is 7. The molecule has 2 aliphatic heterocycles. The summed E-state index contributed by atoms with van der Waals surface area (Å²) in [7, 11) is 0. The molecule has 0 aromatic heterocycles. The van der Waals surface area contributed by atoms with Crippen LogP contribution >= 0.6 is 0 Å². The average molecular weight is 279 g/mol. The molecule has 2 rings (SSSR count). The normalized spacial score (nSPS) is 22.0. The Balaban J connectivity index is 1.77. The van der Waals surface area contributed by atoms with Gasteiger partial charge in [-0.1, -0.05) is 12.8 Å². The first-order chi connectivity index (χ1) is 9.88. The first-order valence-corrected chi connectivity index (χ1v) is 8.32. The Morgan fingerprint density at radius 3 is 1.80 bits per heavy atom. The smallest absolute Gasteiger partial charge is 0.0829 e. The molecule has 114 valence electrons. The summed E-state index contributed by atoms with van der Waals surface area (Å²) < 4.78 is 5.98. The fraction of sp³-hybridized carbons (Fsp3) is 0.938. The number of piperidine rings is 2. The highest BCUT2D eigenvalue weighted by molar-refractivity contribution is 4.76. The van der Waals surface area contributed by atoms with Gasteiger partial charge in [-0.05, 0) is 51.9 Å². The number of ether oxygens (including phenoxy) is 1. The van der Waals surface area contributed by atoms with Crippen LogP contribution in [-0.2, 0) is 4.74 Å². The molecule has 0 N–H and O–H groups in total. The van der Waals surface area contributed by atoms with Crippen molar-refractivity contribution >= 4 is 0 Å². The van der Waals surface area contributed by atoms with E-state index in [1.165, 1.54) is 64.7 Å². The van der Waals surface area contributed by atoms with Gasteiger partial charge in [-0.15, -0.1) is 0 Å². The summed E-state index contributed by atoms with van der Waals surface area (Å²) in [6.07, 6.45) is 8.85. The largest absolute Gasteiger partial charge is 0.374 e. The van der Waals surface area contributed by atoms with E-state index in [2.05, 4.69) is 15.9 Å². The molecule has 0 amide bonds. The van der Waals surface area contributed by atoms with Crippen LogP contribution in [0, 0.1) is 11.3 Å². The van der Waals surface area contributed by atoms with Gasteiger partial charge in [-0.2, -0.15) is 5.26 Å². The average Bonchev–Trinajstić information content (AvgIpc) is 2.49. The van der Waals surface area contributed by atoms with Gasteiger partial charge in [0.2, 0.25) is 0 Å². The van der Waals surface area contributed by atoms with E-state index in [0.717, 1.165) is 13.1 Å². The molecule has 0 saturated carbocycles. The Labute approximate surface area is 123 Å². The molecule has 2 aliphatic rings. The van der Waals surface area contributed by atoms with Gasteiger partial charge in [0.25, 0.3) is 0 Å². The van der Waals surface area contributed by atoms with Gasteiger partial charge in [0.15, 0.2) is 0 Å². The molecule has 4 nitrogen and oxygen atoms in total. The van der Waals surface area contributed by atoms with Crippen LogP contribution in [0.2, 0.25) is 0 Å². The van der Waals surface area contributed by atoms with Gasteiger partial charge >= 0.3 is 0 Å². The highest BCUT2D eigenvalue weighted by Crippen LogP contribution is 2.13. The van der Waals surface area contributed by atoms with Crippen molar-refractivity contribution in [3.8, 4) is 6.07 Å². The summed E-state index contributed by atoms with van der Waals surface area (Å²) in [5.74, 6) is 0. The Morgan fingerprint density at radius 2 is 1.35 bits per heavy atom. The zero-order valence-electron chi connectivity index (χ0n) is 12.7. The van der Waals surface area contributed by atoms with E-state index in [9.17, 15) is 0 Å². The molecule has 0 bridgehead atoms. The second-order valence-corrected chi connectivity index (χ2v) is 6.12. The van der Waals surface area contributed by atoms with Gasteiger partial charge in [0.05, 0.1) is 25.2 Å². The van der Waals surface area contributed by atoms with Gasteiger partial charge in [-0.3, -0.25) is 0 Å². The molecular weight excluding hydrogens is 250 g/mol. The van der Waals surface area contributed by atoms with Crippen LogP contribution in [0.3, 0.4) is 0 Å². The highest BCUT2D eigenvalue weighted by Gasteiger charge is 2.20. The topological polar surface area (TPSA) is 39.5 Å². The minimum absolute atomic E-state index is 0.277. The maximum atomic E-state index is 8.67. The van der Waals surface area contributed by atoms with Crippen molar-refractivity contribution in [3.05, 3.63) is 0 Å². The molecule has 0 atom stereocenters. The van der Waals surface area contributed by atoms with Crippen molar-refractivity contribution in [2.75, 3.05) is 45.9 Å². The van der Waals surface area contributed by atoms with Crippen molar-refractivity contribution < 1.29 is 4.74 Å². The monoisotopic (exact) mass is 279 g/mol. The molecule has 2 heterocycles. The van der Waals surface area contributed by atoms with Crippen LogP contribution in [0.25, 0.3) is 0 Å². The number of hydrogen-bond acceptors (Lipinski definition) is 4. The third-order valence-corrected chi connectivity index (χ3v) is 4.39. The number of nitriles is 1. The number of likely N-dealkylation sites (tertiary alicyclic amines) is 2. The Kier molecular flexibility index (Phi) is 7.35.